The van der Waals surface area contributed by atoms with Crippen LogP contribution < -0.4 is 0 Å². The van der Waals surface area contributed by atoms with Gasteiger partial charge in [0.05, 0.1) is 5.69 Å². The molecule has 1 aliphatic heterocycles. The van der Waals surface area contributed by atoms with Crippen LogP contribution in [0.15, 0.2) is 30.5 Å². The summed E-state index contributed by atoms with van der Waals surface area (Å²) in [6.07, 6.45) is 5.16. The van der Waals surface area contributed by atoms with E-state index >= 15 is 0 Å². The van der Waals surface area contributed by atoms with Crippen LogP contribution in [0, 0.1) is 0 Å². The molecule has 0 radical (unpaired) electrons. The third-order valence-electron chi connectivity index (χ3n) is 3.02. The summed E-state index contributed by atoms with van der Waals surface area (Å²) < 4.78 is 2.18. The van der Waals surface area contributed by atoms with Gasteiger partial charge in [0.2, 0.25) is 0 Å². The largest absolute Gasteiger partial charge is 0.334 e. The zero-order chi connectivity index (χ0) is 11.0. The second kappa shape index (κ2) is 3.59. The normalized spacial score (nSPS) is 13.8. The number of carbonyl (C=O) groups excluding carboxylic acids is 1. The van der Waals surface area contributed by atoms with Crippen LogP contribution in [0.1, 0.15) is 22.6 Å². The Labute approximate surface area is 93.7 Å². The van der Waals surface area contributed by atoms with Crippen molar-refractivity contribution in [3.63, 3.8) is 0 Å². The monoisotopic (exact) mass is 212 g/mol. The van der Waals surface area contributed by atoms with E-state index in [0.717, 1.165) is 36.3 Å². The number of aldehydes is 1. The molecular formula is C13H12N2O. The van der Waals surface area contributed by atoms with Gasteiger partial charge in [-0.2, -0.15) is 0 Å². The molecule has 0 fully saturated rings. The van der Waals surface area contributed by atoms with Gasteiger partial charge in [0.15, 0.2) is 6.29 Å². The highest BCUT2D eigenvalue weighted by Gasteiger charge is 2.15. The zero-order valence-electron chi connectivity index (χ0n) is 8.89. The van der Waals surface area contributed by atoms with E-state index in [-0.39, 0.29) is 0 Å². The van der Waals surface area contributed by atoms with E-state index in [1.54, 1.807) is 0 Å². The molecule has 3 heteroatoms. The van der Waals surface area contributed by atoms with E-state index in [0.29, 0.717) is 5.56 Å². The highest BCUT2D eigenvalue weighted by molar-refractivity contribution is 5.86. The van der Waals surface area contributed by atoms with Gasteiger partial charge in [-0.05, 0) is 6.42 Å². The second-order valence-electron chi connectivity index (χ2n) is 4.04. The summed E-state index contributed by atoms with van der Waals surface area (Å²) in [7, 11) is 0. The Morgan fingerprint density at radius 3 is 3.00 bits per heavy atom. The summed E-state index contributed by atoms with van der Waals surface area (Å²) >= 11 is 0. The molecule has 80 valence electrons. The molecule has 3 rings (SSSR count). The van der Waals surface area contributed by atoms with Gasteiger partial charge in [0.1, 0.15) is 5.82 Å². The number of rotatable bonds is 2. The average Bonchev–Trinajstić information content (AvgIpc) is 2.89. The van der Waals surface area contributed by atoms with Crippen molar-refractivity contribution in [1.82, 2.24) is 9.55 Å². The highest BCUT2D eigenvalue weighted by atomic mass is 16.1. The second-order valence-corrected chi connectivity index (χ2v) is 4.04. The molecule has 2 heterocycles. The van der Waals surface area contributed by atoms with Crippen LogP contribution in [-0.2, 0) is 13.0 Å². The Bertz CT molecular complexity index is 521. The van der Waals surface area contributed by atoms with Gasteiger partial charge in [0, 0.05) is 30.3 Å². The molecule has 0 aliphatic carbocycles. The first-order valence-corrected chi connectivity index (χ1v) is 5.49. The average molecular weight is 212 g/mol. The molecule has 0 N–H and O–H groups in total. The number of imidazole rings is 1. The van der Waals surface area contributed by atoms with Gasteiger partial charge in [-0.1, -0.05) is 24.3 Å². The molecule has 0 bridgehead atoms. The number of fused-ring (bicyclic) bond motifs is 1. The first kappa shape index (κ1) is 9.33. The fourth-order valence-corrected chi connectivity index (χ4v) is 2.22. The van der Waals surface area contributed by atoms with Crippen molar-refractivity contribution in [2.24, 2.45) is 0 Å². The van der Waals surface area contributed by atoms with Gasteiger partial charge in [-0.25, -0.2) is 4.98 Å². The third kappa shape index (κ3) is 1.36. The lowest BCUT2D eigenvalue weighted by atomic mass is 10.1. The Morgan fingerprint density at radius 2 is 2.19 bits per heavy atom. The van der Waals surface area contributed by atoms with E-state index in [1.165, 1.54) is 6.42 Å². The number of benzene rings is 1. The van der Waals surface area contributed by atoms with Crippen LogP contribution in [0.4, 0.5) is 0 Å². The van der Waals surface area contributed by atoms with Crippen LogP contribution in [-0.4, -0.2) is 15.8 Å². The van der Waals surface area contributed by atoms with Crippen molar-refractivity contribution in [3.8, 4) is 11.3 Å². The topological polar surface area (TPSA) is 34.9 Å². The Balaban J connectivity index is 2.11. The van der Waals surface area contributed by atoms with Crippen molar-refractivity contribution in [3.05, 3.63) is 41.9 Å². The van der Waals surface area contributed by atoms with Crippen molar-refractivity contribution in [1.29, 1.82) is 0 Å². The Morgan fingerprint density at radius 1 is 1.31 bits per heavy atom. The van der Waals surface area contributed by atoms with Crippen LogP contribution >= 0.6 is 0 Å². The minimum absolute atomic E-state index is 0.708. The predicted octanol–water partition coefficient (Wildman–Crippen LogP) is 2.31. The lowest BCUT2D eigenvalue weighted by molar-refractivity contribution is 0.112. The maximum atomic E-state index is 10.9. The molecule has 0 saturated carbocycles. The number of aromatic nitrogens is 2. The van der Waals surface area contributed by atoms with E-state index in [2.05, 4.69) is 9.55 Å². The van der Waals surface area contributed by atoms with Gasteiger partial charge in [0.25, 0.3) is 0 Å². The summed E-state index contributed by atoms with van der Waals surface area (Å²) in [4.78, 5) is 15.5. The first-order chi connectivity index (χ1) is 7.88. The summed E-state index contributed by atoms with van der Waals surface area (Å²) in [5, 5.41) is 0. The van der Waals surface area contributed by atoms with E-state index in [4.69, 9.17) is 0 Å². The highest BCUT2D eigenvalue weighted by Crippen LogP contribution is 2.24. The summed E-state index contributed by atoms with van der Waals surface area (Å²) in [6, 6.07) is 7.58. The molecule has 2 aromatic rings. The molecule has 0 unspecified atom stereocenters. The summed E-state index contributed by atoms with van der Waals surface area (Å²) in [5.41, 5.74) is 2.55. The smallest absolute Gasteiger partial charge is 0.150 e. The minimum Gasteiger partial charge on any atom is -0.334 e. The van der Waals surface area contributed by atoms with Gasteiger partial charge in [-0.3, -0.25) is 4.79 Å². The van der Waals surface area contributed by atoms with Crippen molar-refractivity contribution in [2.45, 2.75) is 19.4 Å². The van der Waals surface area contributed by atoms with Crippen LogP contribution in [0.25, 0.3) is 11.3 Å². The number of aryl methyl sites for hydroxylation is 2. The molecule has 1 aliphatic rings. The van der Waals surface area contributed by atoms with Gasteiger partial charge < -0.3 is 4.57 Å². The van der Waals surface area contributed by atoms with Crippen molar-refractivity contribution < 1.29 is 4.79 Å². The predicted molar refractivity (Wildman–Crippen MR) is 61.4 cm³/mol. The molecule has 1 aromatic heterocycles. The molecule has 16 heavy (non-hydrogen) atoms. The molecule has 1 aromatic carbocycles. The van der Waals surface area contributed by atoms with Gasteiger partial charge in [-0.15, -0.1) is 0 Å². The van der Waals surface area contributed by atoms with Crippen molar-refractivity contribution in [2.75, 3.05) is 0 Å². The zero-order valence-corrected chi connectivity index (χ0v) is 8.89. The number of hydrogen-bond donors (Lipinski definition) is 0. The molecule has 0 amide bonds. The quantitative estimate of drug-likeness (QED) is 0.716. The molecule has 0 saturated heterocycles. The van der Waals surface area contributed by atoms with E-state index < -0.39 is 0 Å². The van der Waals surface area contributed by atoms with E-state index in [1.807, 2.05) is 30.5 Å². The number of hydrogen-bond acceptors (Lipinski definition) is 2. The maximum Gasteiger partial charge on any atom is 0.150 e. The van der Waals surface area contributed by atoms with E-state index in [9.17, 15) is 4.79 Å². The molecular weight excluding hydrogens is 200 g/mol. The van der Waals surface area contributed by atoms with Crippen molar-refractivity contribution >= 4 is 6.29 Å². The number of carbonyl (C=O) groups is 1. The molecule has 0 atom stereocenters. The summed E-state index contributed by atoms with van der Waals surface area (Å²) in [6.45, 7) is 1.05. The standard InChI is InChI=1S/C13H12N2O/c16-9-10-4-1-2-5-11(10)12-8-15-7-3-6-13(15)14-12/h1-2,4-5,8-9H,3,6-7H2. The summed E-state index contributed by atoms with van der Waals surface area (Å²) in [5.74, 6) is 1.13. The molecule has 3 nitrogen and oxygen atoms in total. The lowest BCUT2D eigenvalue weighted by Crippen LogP contribution is -1.88. The fourth-order valence-electron chi connectivity index (χ4n) is 2.22. The maximum absolute atomic E-state index is 10.9. The van der Waals surface area contributed by atoms with Crippen LogP contribution in [0.2, 0.25) is 0 Å². The van der Waals surface area contributed by atoms with Crippen LogP contribution in [0.5, 0.6) is 0 Å². The lowest BCUT2D eigenvalue weighted by Gasteiger charge is -2.00. The Kier molecular flexibility index (Phi) is 2.10. The SMILES string of the molecule is O=Cc1ccccc1-c1cn2c(n1)CCC2. The minimum atomic E-state index is 0.708. The van der Waals surface area contributed by atoms with Crippen LogP contribution in [0.3, 0.4) is 0 Å². The number of nitrogens with zero attached hydrogens (tertiary/aromatic N) is 2. The third-order valence-corrected chi connectivity index (χ3v) is 3.02. The fraction of sp³-hybridized carbons (Fsp3) is 0.231. The molecule has 0 spiro atoms. The Hall–Kier alpha value is -1.90. The van der Waals surface area contributed by atoms with Gasteiger partial charge >= 0.3 is 0 Å². The first-order valence-electron chi connectivity index (χ1n) is 5.49.